The number of amides is 1. The molecule has 1 saturated heterocycles. The average molecular weight is 648 g/mol. The smallest absolute Gasteiger partial charge is 0.264 e. The lowest BCUT2D eigenvalue weighted by Crippen LogP contribution is -2.19. The zero-order valence-electron chi connectivity index (χ0n) is 16.5. The van der Waals surface area contributed by atoms with E-state index in [0.29, 0.717) is 43.2 Å². The molecule has 3 aromatic carbocycles. The van der Waals surface area contributed by atoms with Crippen molar-refractivity contribution in [3.8, 4) is 5.75 Å². The molecule has 0 saturated carbocycles. The molecule has 1 aliphatic heterocycles. The normalized spacial score (nSPS) is 15.8. The SMILES string of the molecule is O=C1NC(=Nc2cccc(Cl)c2Cl)S/C1=C\c1cc(Br)c(OCc2ccc(Cl)cc2)c(Br)c1. The lowest BCUT2D eigenvalue weighted by atomic mass is 10.2. The molecule has 4 rings (SSSR count). The van der Waals surface area contributed by atoms with Gasteiger partial charge in [-0.25, -0.2) is 4.99 Å². The van der Waals surface area contributed by atoms with Gasteiger partial charge in [-0.05, 0) is 97.2 Å². The van der Waals surface area contributed by atoms with Gasteiger partial charge < -0.3 is 10.1 Å². The molecule has 0 unspecified atom stereocenters. The number of benzene rings is 3. The van der Waals surface area contributed by atoms with Crippen molar-refractivity contribution >= 4 is 101 Å². The molecule has 10 heteroatoms. The van der Waals surface area contributed by atoms with Crippen LogP contribution >= 0.6 is 78.4 Å². The third-order valence-electron chi connectivity index (χ3n) is 4.42. The van der Waals surface area contributed by atoms with E-state index in [4.69, 9.17) is 39.5 Å². The molecule has 33 heavy (non-hydrogen) atoms. The fourth-order valence-electron chi connectivity index (χ4n) is 2.86. The van der Waals surface area contributed by atoms with E-state index in [9.17, 15) is 4.79 Å². The van der Waals surface area contributed by atoms with Crippen LogP contribution in [0.15, 0.2) is 73.4 Å². The maximum absolute atomic E-state index is 12.5. The highest BCUT2D eigenvalue weighted by atomic mass is 79.9. The summed E-state index contributed by atoms with van der Waals surface area (Å²) >= 11 is 26.5. The van der Waals surface area contributed by atoms with Crippen LogP contribution in [-0.2, 0) is 11.4 Å². The fraction of sp³-hybridized carbons (Fsp3) is 0.0435. The molecule has 0 aromatic heterocycles. The van der Waals surface area contributed by atoms with Crippen molar-refractivity contribution in [1.29, 1.82) is 0 Å². The lowest BCUT2D eigenvalue weighted by molar-refractivity contribution is -0.115. The number of nitrogens with zero attached hydrogens (tertiary/aromatic N) is 1. The van der Waals surface area contributed by atoms with Gasteiger partial charge in [-0.3, -0.25) is 4.79 Å². The Morgan fingerprint density at radius 3 is 2.42 bits per heavy atom. The van der Waals surface area contributed by atoms with Gasteiger partial charge in [0.25, 0.3) is 5.91 Å². The van der Waals surface area contributed by atoms with Crippen molar-refractivity contribution in [3.05, 3.63) is 94.6 Å². The zero-order valence-corrected chi connectivity index (χ0v) is 22.8. The number of rotatable bonds is 5. The Bertz CT molecular complexity index is 1270. The molecule has 0 bridgehead atoms. The third-order valence-corrected chi connectivity index (χ3v) is 7.57. The standard InChI is InChI=1S/C23H13Br2Cl3N2O2S/c24-15-8-13(9-16(25)21(15)32-11-12-4-6-14(26)7-5-12)10-19-22(31)30-23(33-19)29-18-3-1-2-17(27)20(18)28/h1-10H,11H2,(H,29,30,31)/b19-10-. The summed E-state index contributed by atoms with van der Waals surface area (Å²) in [7, 11) is 0. The van der Waals surface area contributed by atoms with Crippen molar-refractivity contribution < 1.29 is 9.53 Å². The first-order valence-corrected chi connectivity index (χ1v) is 12.9. The molecule has 1 amide bonds. The minimum atomic E-state index is -0.243. The zero-order chi connectivity index (χ0) is 23.5. The third kappa shape index (κ3) is 6.15. The Balaban J connectivity index is 1.51. The van der Waals surface area contributed by atoms with Crippen LogP contribution in [0.3, 0.4) is 0 Å². The van der Waals surface area contributed by atoms with Crippen LogP contribution in [0, 0.1) is 0 Å². The van der Waals surface area contributed by atoms with E-state index in [1.54, 1.807) is 24.3 Å². The van der Waals surface area contributed by atoms with Crippen molar-refractivity contribution in [3.63, 3.8) is 0 Å². The molecule has 168 valence electrons. The van der Waals surface area contributed by atoms with Gasteiger partial charge in [-0.2, -0.15) is 0 Å². The molecule has 3 aromatic rings. The van der Waals surface area contributed by atoms with Crippen LogP contribution < -0.4 is 10.1 Å². The molecular weight excluding hydrogens is 634 g/mol. The maximum atomic E-state index is 12.5. The Morgan fingerprint density at radius 2 is 1.73 bits per heavy atom. The molecule has 4 nitrogen and oxygen atoms in total. The van der Waals surface area contributed by atoms with E-state index >= 15 is 0 Å². The van der Waals surface area contributed by atoms with Gasteiger partial charge in [-0.1, -0.05) is 53.0 Å². The van der Waals surface area contributed by atoms with Crippen LogP contribution in [-0.4, -0.2) is 11.1 Å². The summed E-state index contributed by atoms with van der Waals surface area (Å²) in [6.45, 7) is 0.388. The van der Waals surface area contributed by atoms with Crippen LogP contribution in [0.1, 0.15) is 11.1 Å². The number of aliphatic imine (C=N–C) groups is 1. The van der Waals surface area contributed by atoms with E-state index in [1.807, 2.05) is 36.4 Å². The first kappa shape index (κ1) is 24.6. The van der Waals surface area contributed by atoms with Gasteiger partial charge in [0.05, 0.1) is 29.6 Å². The molecule has 0 aliphatic carbocycles. The molecule has 1 aliphatic rings. The van der Waals surface area contributed by atoms with Crippen molar-refractivity contribution in [2.45, 2.75) is 6.61 Å². The summed E-state index contributed by atoms with van der Waals surface area (Å²) in [4.78, 5) is 17.4. The Morgan fingerprint density at radius 1 is 1.03 bits per heavy atom. The van der Waals surface area contributed by atoms with Gasteiger partial charge >= 0.3 is 0 Å². The number of hydrogen-bond acceptors (Lipinski definition) is 4. The number of amidine groups is 1. The Labute approximate surface area is 226 Å². The second kappa shape index (κ2) is 10.8. The summed E-state index contributed by atoms with van der Waals surface area (Å²) in [5.74, 6) is 0.417. The first-order valence-electron chi connectivity index (χ1n) is 9.40. The first-order chi connectivity index (χ1) is 15.8. The molecule has 0 spiro atoms. The van der Waals surface area contributed by atoms with E-state index in [1.165, 1.54) is 11.8 Å². The van der Waals surface area contributed by atoms with E-state index in [2.05, 4.69) is 42.2 Å². The minimum Gasteiger partial charge on any atom is -0.487 e. The molecular formula is C23H13Br2Cl3N2O2S. The number of ether oxygens (including phenoxy) is 1. The van der Waals surface area contributed by atoms with Crippen LogP contribution in [0.5, 0.6) is 5.75 Å². The van der Waals surface area contributed by atoms with Crippen LogP contribution in [0.2, 0.25) is 15.1 Å². The number of thioether (sulfide) groups is 1. The predicted molar refractivity (Wildman–Crippen MR) is 145 cm³/mol. The number of nitrogens with one attached hydrogen (secondary N) is 1. The van der Waals surface area contributed by atoms with Crippen LogP contribution in [0.25, 0.3) is 6.08 Å². The summed E-state index contributed by atoms with van der Waals surface area (Å²) in [6.07, 6.45) is 1.78. The molecule has 1 N–H and O–H groups in total. The average Bonchev–Trinajstić information content (AvgIpc) is 3.10. The van der Waals surface area contributed by atoms with Gasteiger partial charge in [0, 0.05) is 5.02 Å². The number of halogens is 5. The summed E-state index contributed by atoms with van der Waals surface area (Å²) in [5.41, 5.74) is 2.29. The van der Waals surface area contributed by atoms with Gasteiger partial charge in [0.1, 0.15) is 12.4 Å². The van der Waals surface area contributed by atoms with Crippen LogP contribution in [0.4, 0.5) is 5.69 Å². The van der Waals surface area contributed by atoms with Crippen molar-refractivity contribution in [2.24, 2.45) is 4.99 Å². The minimum absolute atomic E-state index is 0.243. The van der Waals surface area contributed by atoms with Crippen molar-refractivity contribution in [2.75, 3.05) is 0 Å². The molecule has 0 radical (unpaired) electrons. The largest absolute Gasteiger partial charge is 0.487 e. The highest BCUT2D eigenvalue weighted by Crippen LogP contribution is 2.38. The molecule has 1 fully saturated rings. The maximum Gasteiger partial charge on any atom is 0.264 e. The highest BCUT2D eigenvalue weighted by Gasteiger charge is 2.24. The van der Waals surface area contributed by atoms with Gasteiger partial charge in [0.15, 0.2) is 5.17 Å². The topological polar surface area (TPSA) is 50.7 Å². The highest BCUT2D eigenvalue weighted by molar-refractivity contribution is 9.11. The summed E-state index contributed by atoms with van der Waals surface area (Å²) < 4.78 is 7.46. The molecule has 1 heterocycles. The number of hydrogen-bond donors (Lipinski definition) is 1. The number of carbonyl (C=O) groups is 1. The fourth-order valence-corrected chi connectivity index (χ4v) is 5.61. The predicted octanol–water partition coefficient (Wildman–Crippen LogP) is 8.64. The van der Waals surface area contributed by atoms with Gasteiger partial charge in [0.2, 0.25) is 0 Å². The van der Waals surface area contributed by atoms with E-state index < -0.39 is 0 Å². The van der Waals surface area contributed by atoms with Gasteiger partial charge in [-0.15, -0.1) is 0 Å². The second-order valence-electron chi connectivity index (χ2n) is 6.78. The quantitative estimate of drug-likeness (QED) is 0.282. The number of carbonyl (C=O) groups excluding carboxylic acids is 1. The van der Waals surface area contributed by atoms with Crippen molar-refractivity contribution in [1.82, 2.24) is 5.32 Å². The summed E-state index contributed by atoms with van der Waals surface area (Å²) in [6, 6.07) is 16.4. The second-order valence-corrected chi connectivity index (χ2v) is 10.7. The molecule has 0 atom stereocenters. The Kier molecular flexibility index (Phi) is 8.10. The lowest BCUT2D eigenvalue weighted by Gasteiger charge is -2.11. The summed E-state index contributed by atoms with van der Waals surface area (Å²) in [5, 5.41) is 4.59. The monoisotopic (exact) mass is 644 g/mol. The van der Waals surface area contributed by atoms with E-state index in [-0.39, 0.29) is 5.91 Å². The Hall–Kier alpha value is -1.48. The van der Waals surface area contributed by atoms with E-state index in [0.717, 1.165) is 20.1 Å².